The number of halogens is 2. The molecule has 0 aromatic heterocycles. The van der Waals surface area contributed by atoms with Gasteiger partial charge in [-0.3, -0.25) is 0 Å². The minimum absolute atomic E-state index is 0. The average molecular weight is 383 g/mol. The molecule has 20 heavy (non-hydrogen) atoms. The molecule has 3 heteroatoms. The van der Waals surface area contributed by atoms with Crippen LogP contribution in [0.5, 0.6) is 0 Å². The molecule has 1 aliphatic carbocycles. The minimum Gasteiger partial charge on any atom is -1.00 e. The number of benzene rings is 2. The van der Waals surface area contributed by atoms with Crippen molar-refractivity contribution < 1.29 is 51.0 Å². The Labute approximate surface area is 153 Å². The summed E-state index contributed by atoms with van der Waals surface area (Å²) < 4.78 is 0. The van der Waals surface area contributed by atoms with Crippen LogP contribution < -0.4 is 24.8 Å². The smallest absolute Gasteiger partial charge is 1.00 e. The molecular weight excluding hydrogens is 366 g/mol. The van der Waals surface area contributed by atoms with Gasteiger partial charge in [-0.05, 0) is 5.56 Å². The van der Waals surface area contributed by atoms with E-state index in [1.807, 2.05) is 0 Å². The van der Waals surface area contributed by atoms with Crippen molar-refractivity contribution in [1.82, 2.24) is 0 Å². The zero-order chi connectivity index (χ0) is 11.7. The minimum atomic E-state index is 0. The molecular formula is C17H17Cl2Zr. The standard InChI is InChI=1S/C17H17.2ClH.Zr/c1-2-13-11-15-9-6-10-16(17(15)12-13)14-7-4-3-5-8-14;;;/h3-11,13H,2,12H2,1H3;2*1H;/q-1;;;+3/p-2. The fourth-order valence-corrected chi connectivity index (χ4v) is 2.71. The summed E-state index contributed by atoms with van der Waals surface area (Å²) in [7, 11) is 0. The molecule has 2 aromatic carbocycles. The van der Waals surface area contributed by atoms with Crippen molar-refractivity contribution in [2.75, 3.05) is 0 Å². The van der Waals surface area contributed by atoms with Gasteiger partial charge in [-0.25, -0.2) is 0 Å². The Bertz CT molecular complexity index is 526. The Morgan fingerprint density at radius 3 is 2.35 bits per heavy atom. The van der Waals surface area contributed by atoms with E-state index in [0.29, 0.717) is 0 Å². The SMILES string of the molecule is CCC1[CH-]c2cccc(-c3ccccc3)c2C1.[Cl-].[Cl-].[Zr+3]. The van der Waals surface area contributed by atoms with Gasteiger partial charge in [0, 0.05) is 0 Å². The molecule has 1 unspecified atom stereocenters. The van der Waals surface area contributed by atoms with Crippen molar-refractivity contribution in [3.05, 3.63) is 66.1 Å². The number of rotatable bonds is 2. The molecule has 0 bridgehead atoms. The molecule has 0 heterocycles. The zero-order valence-corrected chi connectivity index (χ0v) is 15.4. The van der Waals surface area contributed by atoms with Crippen LogP contribution in [0.2, 0.25) is 0 Å². The van der Waals surface area contributed by atoms with Crippen molar-refractivity contribution in [3.8, 4) is 11.1 Å². The maximum Gasteiger partial charge on any atom is 3.00 e. The van der Waals surface area contributed by atoms with Crippen LogP contribution in [0.3, 0.4) is 0 Å². The van der Waals surface area contributed by atoms with Crippen LogP contribution in [0.1, 0.15) is 24.5 Å². The van der Waals surface area contributed by atoms with Gasteiger partial charge in [0.05, 0.1) is 0 Å². The Morgan fingerprint density at radius 1 is 1.00 bits per heavy atom. The van der Waals surface area contributed by atoms with Gasteiger partial charge < -0.3 is 24.8 Å². The first-order chi connectivity index (χ1) is 8.38. The molecule has 0 fully saturated rings. The van der Waals surface area contributed by atoms with Crippen molar-refractivity contribution in [1.29, 1.82) is 0 Å². The van der Waals surface area contributed by atoms with E-state index in [9.17, 15) is 0 Å². The molecule has 0 saturated carbocycles. The third-order valence-electron chi connectivity index (χ3n) is 3.70. The fraction of sp³-hybridized carbons (Fsp3) is 0.235. The Balaban J connectivity index is 0.00000120. The molecule has 0 spiro atoms. The van der Waals surface area contributed by atoms with E-state index in [1.165, 1.54) is 35.1 Å². The van der Waals surface area contributed by atoms with Crippen LogP contribution in [-0.4, -0.2) is 0 Å². The largest absolute Gasteiger partial charge is 3.00 e. The van der Waals surface area contributed by atoms with E-state index in [1.54, 1.807) is 0 Å². The second kappa shape index (κ2) is 8.93. The first-order valence-electron chi connectivity index (χ1n) is 6.40. The normalized spacial score (nSPS) is 14.9. The Hall–Kier alpha value is -0.227. The van der Waals surface area contributed by atoms with Crippen LogP contribution in [0.15, 0.2) is 48.5 Å². The Morgan fingerprint density at radius 2 is 1.70 bits per heavy atom. The van der Waals surface area contributed by atoms with E-state index < -0.39 is 0 Å². The monoisotopic (exact) mass is 381 g/mol. The van der Waals surface area contributed by atoms with Crippen LogP contribution in [-0.2, 0) is 32.6 Å². The average Bonchev–Trinajstić information content (AvgIpc) is 2.82. The second-order valence-electron chi connectivity index (χ2n) is 4.78. The maximum absolute atomic E-state index is 2.43. The molecule has 1 aliphatic rings. The van der Waals surface area contributed by atoms with Crippen LogP contribution in [0.25, 0.3) is 11.1 Å². The third-order valence-corrected chi connectivity index (χ3v) is 3.70. The summed E-state index contributed by atoms with van der Waals surface area (Å²) in [5.74, 6) is 0.731. The van der Waals surface area contributed by atoms with Gasteiger partial charge in [-0.2, -0.15) is 18.1 Å². The first-order valence-corrected chi connectivity index (χ1v) is 6.40. The van der Waals surface area contributed by atoms with Gasteiger partial charge in [0.25, 0.3) is 0 Å². The zero-order valence-electron chi connectivity index (χ0n) is 11.4. The van der Waals surface area contributed by atoms with Crippen molar-refractivity contribution in [2.24, 2.45) is 5.92 Å². The predicted molar refractivity (Wildman–Crippen MR) is 72.8 cm³/mol. The van der Waals surface area contributed by atoms with Crippen LogP contribution in [0, 0.1) is 12.3 Å². The molecule has 1 atom stereocenters. The maximum atomic E-state index is 2.43. The molecule has 0 N–H and O–H groups in total. The van der Waals surface area contributed by atoms with Gasteiger partial charge in [-0.15, -0.1) is 11.6 Å². The molecule has 0 nitrogen and oxygen atoms in total. The number of hydrogen-bond acceptors (Lipinski definition) is 0. The third kappa shape index (κ3) is 3.91. The quantitative estimate of drug-likeness (QED) is 0.554. The number of hydrogen-bond donors (Lipinski definition) is 0. The Kier molecular flexibility index (Phi) is 8.83. The molecule has 0 amide bonds. The summed E-state index contributed by atoms with van der Waals surface area (Å²) in [5.41, 5.74) is 5.73. The summed E-state index contributed by atoms with van der Waals surface area (Å²) in [5, 5.41) is 0. The van der Waals surface area contributed by atoms with Gasteiger partial charge >= 0.3 is 26.2 Å². The van der Waals surface area contributed by atoms with Gasteiger partial charge in [0.2, 0.25) is 0 Å². The van der Waals surface area contributed by atoms with E-state index in [2.05, 4.69) is 61.9 Å². The summed E-state index contributed by atoms with van der Waals surface area (Å²) in [4.78, 5) is 0. The van der Waals surface area contributed by atoms with Crippen LogP contribution >= 0.6 is 0 Å². The predicted octanol–water partition coefficient (Wildman–Crippen LogP) is -1.51. The van der Waals surface area contributed by atoms with Crippen molar-refractivity contribution in [2.45, 2.75) is 19.8 Å². The molecule has 103 valence electrons. The second-order valence-corrected chi connectivity index (χ2v) is 4.78. The summed E-state index contributed by atoms with van der Waals surface area (Å²) in [6.07, 6.45) is 4.88. The first kappa shape index (κ1) is 19.8. The van der Waals surface area contributed by atoms with Crippen molar-refractivity contribution >= 4 is 0 Å². The fourth-order valence-electron chi connectivity index (χ4n) is 2.71. The van der Waals surface area contributed by atoms with Gasteiger partial charge in [0.15, 0.2) is 0 Å². The molecule has 1 radical (unpaired) electrons. The summed E-state index contributed by atoms with van der Waals surface area (Å²) in [6.45, 7) is 2.27. The van der Waals surface area contributed by atoms with Crippen LogP contribution in [0.4, 0.5) is 0 Å². The van der Waals surface area contributed by atoms with E-state index in [0.717, 1.165) is 5.92 Å². The summed E-state index contributed by atoms with van der Waals surface area (Å²) >= 11 is 0. The van der Waals surface area contributed by atoms with E-state index in [4.69, 9.17) is 0 Å². The van der Waals surface area contributed by atoms with E-state index >= 15 is 0 Å². The van der Waals surface area contributed by atoms with Gasteiger partial charge in [0.1, 0.15) is 0 Å². The molecule has 0 saturated heterocycles. The number of fused-ring (bicyclic) bond motifs is 1. The van der Waals surface area contributed by atoms with Crippen molar-refractivity contribution in [3.63, 3.8) is 0 Å². The van der Waals surface area contributed by atoms with Gasteiger partial charge in [-0.1, -0.05) is 67.6 Å². The molecule has 0 aliphatic heterocycles. The summed E-state index contributed by atoms with van der Waals surface area (Å²) in [6, 6.07) is 17.4. The van der Waals surface area contributed by atoms with E-state index in [-0.39, 0.29) is 51.0 Å². The molecule has 2 aromatic rings. The molecule has 3 rings (SSSR count). The topological polar surface area (TPSA) is 0 Å².